The van der Waals surface area contributed by atoms with Crippen molar-refractivity contribution in [1.29, 1.82) is 0 Å². The topological polar surface area (TPSA) is 108 Å². The second-order valence-electron chi connectivity index (χ2n) is 5.42. The number of fused-ring (bicyclic) bond motifs is 1. The van der Waals surface area contributed by atoms with E-state index in [4.69, 9.17) is 5.11 Å². The summed E-state index contributed by atoms with van der Waals surface area (Å²) in [6.45, 7) is 4.93. The average molecular weight is 331 g/mol. The van der Waals surface area contributed by atoms with E-state index in [1.165, 1.54) is 0 Å². The van der Waals surface area contributed by atoms with Gasteiger partial charge in [0.15, 0.2) is 5.69 Å². The fraction of sp³-hybridized carbons (Fsp3) is 0.467. The van der Waals surface area contributed by atoms with E-state index in [-0.39, 0.29) is 19.1 Å². The van der Waals surface area contributed by atoms with E-state index in [0.29, 0.717) is 24.7 Å². The van der Waals surface area contributed by atoms with Crippen LogP contribution in [-0.2, 0) is 13.1 Å². The molecule has 0 aliphatic carbocycles. The van der Waals surface area contributed by atoms with Crippen LogP contribution >= 0.6 is 0 Å². The molecule has 0 saturated carbocycles. The number of aliphatic hydroxyl groups excluding tert-OH is 1. The zero-order valence-corrected chi connectivity index (χ0v) is 13.6. The Balaban J connectivity index is 1.73. The highest BCUT2D eigenvalue weighted by Gasteiger charge is 2.22. The van der Waals surface area contributed by atoms with Crippen LogP contribution in [0.3, 0.4) is 0 Å². The maximum absolute atomic E-state index is 11.9. The molecule has 3 heterocycles. The second kappa shape index (κ2) is 7.26. The minimum Gasteiger partial charge on any atom is -0.395 e. The first-order valence-corrected chi connectivity index (χ1v) is 7.99. The molecule has 2 aromatic rings. The third kappa shape index (κ3) is 3.46. The van der Waals surface area contributed by atoms with Gasteiger partial charge in [0.2, 0.25) is 5.95 Å². The molecule has 0 unspecified atom stereocenters. The highest BCUT2D eigenvalue weighted by atomic mass is 16.3. The molecular weight excluding hydrogens is 310 g/mol. The molecule has 0 fully saturated rings. The Hall–Kier alpha value is -2.68. The number of nitrogens with zero attached hydrogens (tertiary/aromatic N) is 5. The number of anilines is 2. The van der Waals surface area contributed by atoms with Crippen LogP contribution in [0.25, 0.3) is 0 Å². The van der Waals surface area contributed by atoms with Gasteiger partial charge < -0.3 is 20.6 Å². The SMILES string of the molecule is CCNc1ccnc(N2CCn3nc(C(=O)NCCO)cc3C2)n1. The molecule has 2 aromatic heterocycles. The van der Waals surface area contributed by atoms with Gasteiger partial charge in [-0.25, -0.2) is 4.98 Å². The van der Waals surface area contributed by atoms with Crippen molar-refractivity contribution < 1.29 is 9.90 Å². The third-order valence-corrected chi connectivity index (χ3v) is 3.71. The summed E-state index contributed by atoms with van der Waals surface area (Å²) >= 11 is 0. The maximum Gasteiger partial charge on any atom is 0.271 e. The van der Waals surface area contributed by atoms with Crippen LogP contribution in [0.2, 0.25) is 0 Å². The molecule has 1 aliphatic rings. The first-order valence-electron chi connectivity index (χ1n) is 7.99. The van der Waals surface area contributed by atoms with Gasteiger partial charge >= 0.3 is 0 Å². The fourth-order valence-electron chi connectivity index (χ4n) is 2.59. The van der Waals surface area contributed by atoms with Gasteiger partial charge in [0, 0.05) is 25.8 Å². The van der Waals surface area contributed by atoms with Gasteiger partial charge in [0.25, 0.3) is 5.91 Å². The molecule has 0 atom stereocenters. The Morgan fingerprint density at radius 2 is 2.29 bits per heavy atom. The van der Waals surface area contributed by atoms with Gasteiger partial charge in [-0.3, -0.25) is 9.48 Å². The van der Waals surface area contributed by atoms with E-state index in [1.807, 2.05) is 17.7 Å². The monoisotopic (exact) mass is 331 g/mol. The number of nitrogens with one attached hydrogen (secondary N) is 2. The Kier molecular flexibility index (Phi) is 4.90. The number of amides is 1. The van der Waals surface area contributed by atoms with Gasteiger partial charge in [0.1, 0.15) is 5.82 Å². The lowest BCUT2D eigenvalue weighted by Crippen LogP contribution is -2.35. The molecule has 1 amide bonds. The van der Waals surface area contributed by atoms with Crippen molar-refractivity contribution in [2.45, 2.75) is 20.0 Å². The van der Waals surface area contributed by atoms with Gasteiger partial charge in [-0.05, 0) is 19.1 Å². The van der Waals surface area contributed by atoms with Crippen molar-refractivity contribution in [3.8, 4) is 0 Å². The van der Waals surface area contributed by atoms with Crippen molar-refractivity contribution in [2.24, 2.45) is 0 Å². The van der Waals surface area contributed by atoms with Gasteiger partial charge in [-0.2, -0.15) is 10.1 Å². The van der Waals surface area contributed by atoms with Crippen molar-refractivity contribution >= 4 is 17.7 Å². The molecule has 1 aliphatic heterocycles. The molecule has 0 spiro atoms. The Labute approximate surface area is 139 Å². The molecule has 3 N–H and O–H groups in total. The first-order chi connectivity index (χ1) is 11.7. The lowest BCUT2D eigenvalue weighted by atomic mass is 10.3. The Morgan fingerprint density at radius 1 is 1.42 bits per heavy atom. The quantitative estimate of drug-likeness (QED) is 0.675. The van der Waals surface area contributed by atoms with E-state index in [9.17, 15) is 4.79 Å². The molecule has 9 heteroatoms. The molecule has 0 saturated heterocycles. The number of carbonyl (C=O) groups is 1. The van der Waals surface area contributed by atoms with Crippen LogP contribution in [0.1, 0.15) is 23.1 Å². The molecule has 3 rings (SSSR count). The number of carbonyl (C=O) groups excluding carboxylic acids is 1. The number of aliphatic hydroxyl groups is 1. The standard InChI is InChI=1S/C15H21N7O2/c1-2-16-13-3-4-18-15(19-13)21-6-7-22-11(10-21)9-12(20-22)14(24)17-5-8-23/h3-4,9,23H,2,5-8,10H2,1H3,(H,17,24)(H,16,18,19). The number of hydrogen-bond donors (Lipinski definition) is 3. The minimum absolute atomic E-state index is 0.0907. The van der Waals surface area contributed by atoms with Crippen LogP contribution in [0.5, 0.6) is 0 Å². The summed E-state index contributed by atoms with van der Waals surface area (Å²) in [5.41, 5.74) is 1.30. The van der Waals surface area contributed by atoms with E-state index in [1.54, 1.807) is 12.3 Å². The highest BCUT2D eigenvalue weighted by Crippen LogP contribution is 2.19. The lowest BCUT2D eigenvalue weighted by molar-refractivity contribution is 0.0939. The van der Waals surface area contributed by atoms with Crippen molar-refractivity contribution in [3.05, 3.63) is 29.7 Å². The summed E-state index contributed by atoms with van der Waals surface area (Å²) in [5.74, 6) is 1.18. The number of rotatable bonds is 6. The molecule has 0 bridgehead atoms. The molecule has 0 aromatic carbocycles. The Morgan fingerprint density at radius 3 is 3.08 bits per heavy atom. The summed E-state index contributed by atoms with van der Waals surface area (Å²) in [6, 6.07) is 3.61. The van der Waals surface area contributed by atoms with E-state index >= 15 is 0 Å². The summed E-state index contributed by atoms with van der Waals surface area (Å²) in [4.78, 5) is 22.9. The van der Waals surface area contributed by atoms with E-state index in [2.05, 4.69) is 30.6 Å². The smallest absolute Gasteiger partial charge is 0.271 e. The number of hydrogen-bond acceptors (Lipinski definition) is 7. The predicted octanol–water partition coefficient (Wildman–Crippen LogP) is -0.153. The minimum atomic E-state index is -0.275. The lowest BCUT2D eigenvalue weighted by Gasteiger charge is -2.27. The van der Waals surface area contributed by atoms with E-state index < -0.39 is 0 Å². The molecule has 9 nitrogen and oxygen atoms in total. The van der Waals surface area contributed by atoms with Crippen LogP contribution in [-0.4, -0.2) is 57.0 Å². The zero-order chi connectivity index (χ0) is 16.9. The van der Waals surface area contributed by atoms with Crippen LogP contribution in [0.4, 0.5) is 11.8 Å². The van der Waals surface area contributed by atoms with Gasteiger partial charge in [0.05, 0.1) is 25.4 Å². The fourth-order valence-corrected chi connectivity index (χ4v) is 2.59. The Bertz CT molecular complexity index is 716. The van der Waals surface area contributed by atoms with Crippen LogP contribution in [0.15, 0.2) is 18.3 Å². The van der Waals surface area contributed by atoms with Crippen molar-refractivity contribution in [3.63, 3.8) is 0 Å². The molecule has 128 valence electrons. The third-order valence-electron chi connectivity index (χ3n) is 3.71. The van der Waals surface area contributed by atoms with Gasteiger partial charge in [-0.15, -0.1) is 0 Å². The van der Waals surface area contributed by atoms with Crippen molar-refractivity contribution in [1.82, 2.24) is 25.1 Å². The van der Waals surface area contributed by atoms with Crippen LogP contribution in [0, 0.1) is 0 Å². The van der Waals surface area contributed by atoms with Crippen molar-refractivity contribution in [2.75, 3.05) is 36.5 Å². The summed E-state index contributed by atoms with van der Waals surface area (Å²) < 4.78 is 1.83. The second-order valence-corrected chi connectivity index (χ2v) is 5.42. The molecule has 24 heavy (non-hydrogen) atoms. The average Bonchev–Trinajstić information content (AvgIpc) is 3.03. The molecular formula is C15H21N7O2. The highest BCUT2D eigenvalue weighted by molar-refractivity contribution is 5.92. The van der Waals surface area contributed by atoms with Gasteiger partial charge in [-0.1, -0.05) is 0 Å². The molecule has 0 radical (unpaired) electrons. The summed E-state index contributed by atoms with van der Waals surface area (Å²) in [5, 5.41) is 18.9. The van der Waals surface area contributed by atoms with Crippen LogP contribution < -0.4 is 15.5 Å². The zero-order valence-electron chi connectivity index (χ0n) is 13.6. The summed E-state index contributed by atoms with van der Waals surface area (Å²) in [6.07, 6.45) is 1.74. The normalized spacial score (nSPS) is 13.5. The predicted molar refractivity (Wildman–Crippen MR) is 88.9 cm³/mol. The number of aromatic nitrogens is 4. The summed E-state index contributed by atoms with van der Waals surface area (Å²) in [7, 11) is 0. The first kappa shape index (κ1) is 16.2. The largest absolute Gasteiger partial charge is 0.395 e. The van der Waals surface area contributed by atoms with E-state index in [0.717, 1.165) is 24.6 Å². The maximum atomic E-state index is 11.9.